The van der Waals surface area contributed by atoms with E-state index in [2.05, 4.69) is 5.32 Å². The largest absolute Gasteiger partial charge is 0.350 e. The van der Waals surface area contributed by atoms with Gasteiger partial charge in [0.05, 0.1) is 5.92 Å². The van der Waals surface area contributed by atoms with Crippen LogP contribution in [-0.4, -0.2) is 40.2 Å². The molecule has 1 N–H and O–H groups in total. The lowest BCUT2D eigenvalue weighted by Gasteiger charge is -2.46. The zero-order valence-corrected chi connectivity index (χ0v) is 20.2. The third kappa shape index (κ3) is 5.45. The second-order valence-electron chi connectivity index (χ2n) is 8.43. The molecule has 0 bridgehead atoms. The molecule has 2 atom stereocenters. The lowest BCUT2D eigenvalue weighted by Crippen LogP contribution is -2.63. The molecule has 0 spiro atoms. The van der Waals surface area contributed by atoms with Crippen LogP contribution in [0.25, 0.3) is 0 Å². The van der Waals surface area contributed by atoms with E-state index in [1.54, 1.807) is 35.2 Å². The van der Waals surface area contributed by atoms with Crippen LogP contribution in [0.2, 0.25) is 15.1 Å². The Morgan fingerprint density at radius 1 is 0.970 bits per heavy atom. The van der Waals surface area contributed by atoms with E-state index < -0.39 is 11.9 Å². The van der Waals surface area contributed by atoms with Crippen LogP contribution in [0.15, 0.2) is 42.5 Å². The van der Waals surface area contributed by atoms with Crippen LogP contribution in [-0.2, 0) is 22.7 Å². The minimum atomic E-state index is -0.433. The van der Waals surface area contributed by atoms with E-state index in [-0.39, 0.29) is 31.0 Å². The molecule has 1 saturated heterocycles. The van der Waals surface area contributed by atoms with Crippen molar-refractivity contribution in [2.75, 3.05) is 6.54 Å². The summed E-state index contributed by atoms with van der Waals surface area (Å²) in [7, 11) is 0. The van der Waals surface area contributed by atoms with Gasteiger partial charge < -0.3 is 10.2 Å². The number of halogens is 3. The van der Waals surface area contributed by atoms with Crippen LogP contribution in [0.5, 0.6) is 0 Å². The molecule has 2 aromatic carbocycles. The van der Waals surface area contributed by atoms with E-state index in [0.717, 1.165) is 29.7 Å². The summed E-state index contributed by atoms with van der Waals surface area (Å²) in [5, 5.41) is 4.30. The van der Waals surface area contributed by atoms with Crippen molar-refractivity contribution in [1.29, 1.82) is 0 Å². The van der Waals surface area contributed by atoms with Crippen molar-refractivity contribution in [2.45, 2.75) is 44.8 Å². The standard InChI is InChI=1S/C24H24Cl3N3O3/c25-17-8-5-15(6-9-17)13-29-21-4-2-1-3-19(21)23(32)30(24(29)33)14-22(31)28-12-16-7-10-18(26)11-20(16)27/h5-11,19,21H,1-4,12-14H2,(H,28,31). The first kappa shape index (κ1) is 23.9. The molecule has 9 heteroatoms. The fourth-order valence-corrected chi connectivity index (χ4v) is 5.14. The summed E-state index contributed by atoms with van der Waals surface area (Å²) in [5.74, 6) is -0.984. The number of benzene rings is 2. The van der Waals surface area contributed by atoms with E-state index in [9.17, 15) is 14.4 Å². The number of rotatable bonds is 6. The molecule has 2 fully saturated rings. The average molecular weight is 509 g/mol. The maximum atomic E-state index is 13.4. The number of hydrogen-bond donors (Lipinski definition) is 1. The summed E-state index contributed by atoms with van der Waals surface area (Å²) in [6, 6.07) is 11.7. The zero-order valence-electron chi connectivity index (χ0n) is 17.9. The van der Waals surface area contributed by atoms with Crippen LogP contribution in [0, 0.1) is 5.92 Å². The number of urea groups is 1. The Balaban J connectivity index is 1.47. The molecule has 174 valence electrons. The SMILES string of the molecule is O=C(CN1C(=O)C2CCCCC2N(Cc2ccc(Cl)cc2)C1=O)NCc1ccc(Cl)cc1Cl. The van der Waals surface area contributed by atoms with Crippen LogP contribution in [0.1, 0.15) is 36.8 Å². The number of fused-ring (bicyclic) bond motifs is 1. The lowest BCUT2D eigenvalue weighted by molar-refractivity contribution is -0.143. The molecule has 2 unspecified atom stereocenters. The zero-order chi connectivity index (χ0) is 23.5. The summed E-state index contributed by atoms with van der Waals surface area (Å²) in [6.45, 7) is 0.206. The van der Waals surface area contributed by atoms with E-state index in [4.69, 9.17) is 34.8 Å². The number of imide groups is 1. The summed E-state index contributed by atoms with van der Waals surface area (Å²) in [5.41, 5.74) is 1.62. The number of carbonyl (C=O) groups excluding carboxylic acids is 3. The predicted molar refractivity (Wildman–Crippen MR) is 128 cm³/mol. The maximum Gasteiger partial charge on any atom is 0.327 e. The average Bonchev–Trinajstić information content (AvgIpc) is 2.80. The number of amides is 4. The third-order valence-electron chi connectivity index (χ3n) is 6.25. The Morgan fingerprint density at radius 2 is 1.67 bits per heavy atom. The Morgan fingerprint density at radius 3 is 2.39 bits per heavy atom. The second kappa shape index (κ2) is 10.3. The smallest absolute Gasteiger partial charge is 0.327 e. The summed E-state index contributed by atoms with van der Waals surface area (Å²) in [4.78, 5) is 42.0. The fraction of sp³-hybridized carbons (Fsp3) is 0.375. The van der Waals surface area contributed by atoms with Crippen LogP contribution in [0.3, 0.4) is 0 Å². The van der Waals surface area contributed by atoms with E-state index in [1.807, 2.05) is 12.1 Å². The molecular weight excluding hydrogens is 485 g/mol. The van der Waals surface area contributed by atoms with Gasteiger partial charge >= 0.3 is 6.03 Å². The van der Waals surface area contributed by atoms with Crippen LogP contribution >= 0.6 is 34.8 Å². The molecule has 33 heavy (non-hydrogen) atoms. The highest BCUT2D eigenvalue weighted by Gasteiger charge is 2.47. The first-order chi connectivity index (χ1) is 15.8. The first-order valence-corrected chi connectivity index (χ1v) is 12.0. The molecule has 4 amide bonds. The van der Waals surface area contributed by atoms with Gasteiger partial charge in [0.2, 0.25) is 11.8 Å². The van der Waals surface area contributed by atoms with Crippen molar-refractivity contribution >= 4 is 52.6 Å². The second-order valence-corrected chi connectivity index (χ2v) is 9.71. The van der Waals surface area contributed by atoms with Crippen molar-refractivity contribution in [3.05, 3.63) is 68.7 Å². The number of carbonyl (C=O) groups is 3. The van der Waals surface area contributed by atoms with Crippen LogP contribution < -0.4 is 5.32 Å². The van der Waals surface area contributed by atoms with Gasteiger partial charge in [0.1, 0.15) is 6.54 Å². The van der Waals surface area contributed by atoms with Gasteiger partial charge in [-0.05, 0) is 48.2 Å². The monoisotopic (exact) mass is 507 g/mol. The molecule has 1 saturated carbocycles. The van der Waals surface area contributed by atoms with Crippen molar-refractivity contribution in [2.24, 2.45) is 5.92 Å². The van der Waals surface area contributed by atoms with Gasteiger partial charge in [-0.3, -0.25) is 14.5 Å². The Labute approximate surface area is 207 Å². The third-order valence-corrected chi connectivity index (χ3v) is 7.09. The number of nitrogens with one attached hydrogen (secondary N) is 1. The molecule has 1 heterocycles. The maximum absolute atomic E-state index is 13.4. The summed E-state index contributed by atoms with van der Waals surface area (Å²) >= 11 is 18.1. The van der Waals surface area contributed by atoms with Crippen molar-refractivity contribution in [3.63, 3.8) is 0 Å². The van der Waals surface area contributed by atoms with Gasteiger partial charge in [-0.25, -0.2) is 4.79 Å². The minimum absolute atomic E-state index is 0.151. The molecule has 4 rings (SSSR count). The molecule has 2 aromatic rings. The van der Waals surface area contributed by atoms with Crippen molar-refractivity contribution in [3.8, 4) is 0 Å². The Kier molecular flexibility index (Phi) is 7.47. The van der Waals surface area contributed by atoms with Gasteiger partial charge in [-0.1, -0.05) is 65.8 Å². The van der Waals surface area contributed by atoms with Gasteiger partial charge in [0.15, 0.2) is 0 Å². The van der Waals surface area contributed by atoms with Gasteiger partial charge in [-0.2, -0.15) is 0 Å². The lowest BCUT2D eigenvalue weighted by atomic mass is 9.81. The number of hydrogen-bond acceptors (Lipinski definition) is 3. The summed E-state index contributed by atoms with van der Waals surface area (Å²) in [6.07, 6.45) is 3.41. The topological polar surface area (TPSA) is 69.7 Å². The molecular formula is C24H24Cl3N3O3. The van der Waals surface area contributed by atoms with Gasteiger partial charge in [0.25, 0.3) is 0 Å². The first-order valence-electron chi connectivity index (χ1n) is 10.9. The Bertz CT molecular complexity index is 1060. The molecule has 0 radical (unpaired) electrons. The predicted octanol–water partition coefficient (Wildman–Crippen LogP) is 5.29. The quantitative estimate of drug-likeness (QED) is 0.577. The summed E-state index contributed by atoms with van der Waals surface area (Å²) < 4.78 is 0. The van der Waals surface area contributed by atoms with E-state index in [0.29, 0.717) is 33.6 Å². The molecule has 6 nitrogen and oxygen atoms in total. The molecule has 2 aliphatic rings. The normalized spacial score (nSPS) is 20.6. The van der Waals surface area contributed by atoms with Gasteiger partial charge in [-0.15, -0.1) is 0 Å². The van der Waals surface area contributed by atoms with E-state index in [1.165, 1.54) is 0 Å². The minimum Gasteiger partial charge on any atom is -0.350 e. The molecule has 1 aliphatic carbocycles. The Hall–Kier alpha value is -2.28. The highest BCUT2D eigenvalue weighted by molar-refractivity contribution is 6.35. The van der Waals surface area contributed by atoms with Gasteiger partial charge in [0, 0.05) is 34.2 Å². The number of nitrogens with zero attached hydrogens (tertiary/aromatic N) is 2. The molecule has 0 aromatic heterocycles. The van der Waals surface area contributed by atoms with E-state index >= 15 is 0 Å². The highest BCUT2D eigenvalue weighted by atomic mass is 35.5. The van der Waals surface area contributed by atoms with Crippen molar-refractivity contribution in [1.82, 2.24) is 15.1 Å². The molecule has 1 aliphatic heterocycles. The fourth-order valence-electron chi connectivity index (χ4n) is 4.54. The van der Waals surface area contributed by atoms with Crippen molar-refractivity contribution < 1.29 is 14.4 Å². The van der Waals surface area contributed by atoms with Crippen LogP contribution in [0.4, 0.5) is 4.79 Å². The highest BCUT2D eigenvalue weighted by Crippen LogP contribution is 2.35.